The van der Waals surface area contributed by atoms with Crippen LogP contribution < -0.4 is 0 Å². The highest BCUT2D eigenvalue weighted by Gasteiger charge is 2.24. The summed E-state index contributed by atoms with van der Waals surface area (Å²) in [7, 11) is 0. The van der Waals surface area contributed by atoms with Crippen molar-refractivity contribution < 1.29 is 4.39 Å². The van der Waals surface area contributed by atoms with Crippen LogP contribution in [0, 0.1) is 5.82 Å². The molecule has 0 saturated heterocycles. The molecule has 1 aliphatic rings. The zero-order valence-corrected chi connectivity index (χ0v) is 9.63. The summed E-state index contributed by atoms with van der Waals surface area (Å²) in [5.41, 5.74) is 2.82. The van der Waals surface area contributed by atoms with Crippen molar-refractivity contribution in [2.24, 2.45) is 0 Å². The summed E-state index contributed by atoms with van der Waals surface area (Å²) in [5.74, 6) is 0.997. The van der Waals surface area contributed by atoms with Gasteiger partial charge in [0.05, 0.1) is 11.0 Å². The second-order valence-corrected chi connectivity index (χ2v) is 4.53. The van der Waals surface area contributed by atoms with Gasteiger partial charge in [-0.15, -0.1) is 0 Å². The Morgan fingerprint density at radius 1 is 1.50 bits per heavy atom. The summed E-state index contributed by atoms with van der Waals surface area (Å²) in [4.78, 5) is 4.59. The van der Waals surface area contributed by atoms with Crippen LogP contribution in [0.1, 0.15) is 37.7 Å². The Bertz CT molecular complexity index is 557. The number of hydrogen-bond donors (Lipinski definition) is 0. The number of benzene rings is 1. The Hall–Kier alpha value is -1.38. The van der Waals surface area contributed by atoms with E-state index in [4.69, 9.17) is 0 Å². The second kappa shape index (κ2) is 3.30. The zero-order chi connectivity index (χ0) is 11.3. The molecule has 84 valence electrons. The van der Waals surface area contributed by atoms with Gasteiger partial charge in [0, 0.05) is 18.0 Å². The van der Waals surface area contributed by atoms with Crippen molar-refractivity contribution in [2.45, 2.75) is 39.2 Å². The predicted octanol–water partition coefficient (Wildman–Crippen LogP) is 3.25. The minimum Gasteiger partial charge on any atom is -0.325 e. The Morgan fingerprint density at radius 3 is 3.06 bits per heavy atom. The van der Waals surface area contributed by atoms with Gasteiger partial charge in [-0.1, -0.05) is 6.92 Å². The van der Waals surface area contributed by atoms with E-state index in [1.54, 1.807) is 12.1 Å². The first-order chi connectivity index (χ1) is 7.72. The molecule has 0 bridgehead atoms. The van der Waals surface area contributed by atoms with Crippen LogP contribution in [0.5, 0.6) is 0 Å². The maximum Gasteiger partial charge on any atom is 0.128 e. The molecule has 0 N–H and O–H groups in total. The van der Waals surface area contributed by atoms with Crippen molar-refractivity contribution in [2.75, 3.05) is 0 Å². The minimum atomic E-state index is -0.0804. The summed E-state index contributed by atoms with van der Waals surface area (Å²) >= 11 is 0. The van der Waals surface area contributed by atoms with Crippen LogP contribution >= 0.6 is 0 Å². The third-order valence-electron chi connectivity index (χ3n) is 3.54. The number of imidazole rings is 1. The topological polar surface area (TPSA) is 17.8 Å². The Morgan fingerprint density at radius 2 is 2.31 bits per heavy atom. The van der Waals surface area contributed by atoms with Gasteiger partial charge in [0.2, 0.25) is 0 Å². The molecule has 1 aliphatic heterocycles. The Kier molecular flexibility index (Phi) is 2.03. The highest BCUT2D eigenvalue weighted by molar-refractivity contribution is 5.81. The first-order valence-electron chi connectivity index (χ1n) is 5.90. The van der Waals surface area contributed by atoms with Gasteiger partial charge >= 0.3 is 0 Å². The van der Waals surface area contributed by atoms with E-state index in [0.29, 0.717) is 6.04 Å². The molecule has 0 saturated carbocycles. The number of hydrogen-bond acceptors (Lipinski definition) is 1. The Balaban J connectivity index is 2.44. The van der Waals surface area contributed by atoms with Crippen LogP contribution in [0.15, 0.2) is 12.1 Å². The van der Waals surface area contributed by atoms with Crippen LogP contribution in [-0.4, -0.2) is 9.55 Å². The van der Waals surface area contributed by atoms with Crippen molar-refractivity contribution in [3.8, 4) is 0 Å². The average Bonchev–Trinajstić information content (AvgIpc) is 2.66. The quantitative estimate of drug-likeness (QED) is 0.718. The molecule has 1 aromatic carbocycles. The second-order valence-electron chi connectivity index (χ2n) is 4.53. The van der Waals surface area contributed by atoms with Crippen molar-refractivity contribution in [1.82, 2.24) is 9.55 Å². The maximum atomic E-state index is 13.7. The summed E-state index contributed by atoms with van der Waals surface area (Å²) < 4.78 is 16.0. The van der Waals surface area contributed by atoms with Crippen molar-refractivity contribution >= 4 is 11.0 Å². The lowest BCUT2D eigenvalue weighted by molar-refractivity contribution is 0.474. The van der Waals surface area contributed by atoms with Gasteiger partial charge in [-0.25, -0.2) is 9.37 Å². The minimum absolute atomic E-state index is 0.0804. The summed E-state index contributed by atoms with van der Waals surface area (Å²) in [6, 6.07) is 3.78. The molecule has 2 heterocycles. The molecule has 0 amide bonds. The van der Waals surface area contributed by atoms with Crippen molar-refractivity contribution in [1.29, 1.82) is 0 Å². The highest BCUT2D eigenvalue weighted by atomic mass is 19.1. The number of rotatable bonds is 1. The molecule has 0 spiro atoms. The monoisotopic (exact) mass is 218 g/mol. The van der Waals surface area contributed by atoms with E-state index in [9.17, 15) is 4.39 Å². The van der Waals surface area contributed by atoms with E-state index in [0.717, 1.165) is 41.7 Å². The van der Waals surface area contributed by atoms with Crippen LogP contribution in [0.25, 0.3) is 11.0 Å². The van der Waals surface area contributed by atoms with E-state index in [1.807, 2.05) is 0 Å². The van der Waals surface area contributed by atoms with Crippen LogP contribution in [-0.2, 0) is 12.8 Å². The van der Waals surface area contributed by atoms with Crippen LogP contribution in [0.2, 0.25) is 0 Å². The third-order valence-corrected chi connectivity index (χ3v) is 3.54. The molecule has 3 rings (SSSR count). The number of aryl methyl sites for hydroxylation is 2. The van der Waals surface area contributed by atoms with Crippen molar-refractivity contribution in [3.63, 3.8) is 0 Å². The largest absolute Gasteiger partial charge is 0.325 e. The fourth-order valence-corrected chi connectivity index (χ4v) is 2.72. The lowest BCUT2D eigenvalue weighted by Gasteiger charge is -2.23. The number of aromatic nitrogens is 2. The Labute approximate surface area is 94.1 Å². The highest BCUT2D eigenvalue weighted by Crippen LogP contribution is 2.33. The summed E-state index contributed by atoms with van der Waals surface area (Å²) in [6.07, 6.45) is 2.74. The summed E-state index contributed by atoms with van der Waals surface area (Å²) in [5, 5.41) is 0. The molecule has 0 fully saturated rings. The van der Waals surface area contributed by atoms with E-state index in [-0.39, 0.29) is 5.82 Å². The molecule has 0 radical (unpaired) electrons. The van der Waals surface area contributed by atoms with Gasteiger partial charge < -0.3 is 4.57 Å². The first-order valence-corrected chi connectivity index (χ1v) is 5.90. The standard InChI is InChI=1S/C13H15FN2/c1-3-12-15-11-7-6-10(14)9-5-4-8(2)16(12)13(9)11/h6-8H,3-5H2,1-2H3/t8-/m0/s1. The summed E-state index contributed by atoms with van der Waals surface area (Å²) in [6.45, 7) is 4.29. The van der Waals surface area contributed by atoms with E-state index in [1.165, 1.54) is 0 Å². The molecule has 1 aromatic heterocycles. The van der Waals surface area contributed by atoms with Crippen LogP contribution in [0.3, 0.4) is 0 Å². The number of nitrogens with zero attached hydrogens (tertiary/aromatic N) is 2. The fraction of sp³-hybridized carbons (Fsp3) is 0.462. The molecular weight excluding hydrogens is 203 g/mol. The fourth-order valence-electron chi connectivity index (χ4n) is 2.72. The van der Waals surface area contributed by atoms with E-state index >= 15 is 0 Å². The van der Waals surface area contributed by atoms with Crippen LogP contribution in [0.4, 0.5) is 4.39 Å². The lowest BCUT2D eigenvalue weighted by atomic mass is 9.99. The van der Waals surface area contributed by atoms with E-state index < -0.39 is 0 Å². The smallest absolute Gasteiger partial charge is 0.128 e. The third kappa shape index (κ3) is 1.14. The lowest BCUT2D eigenvalue weighted by Crippen LogP contribution is -2.16. The first kappa shape index (κ1) is 9.82. The van der Waals surface area contributed by atoms with Gasteiger partial charge in [0.1, 0.15) is 11.6 Å². The van der Waals surface area contributed by atoms with Gasteiger partial charge in [-0.2, -0.15) is 0 Å². The average molecular weight is 218 g/mol. The molecule has 1 atom stereocenters. The molecule has 0 aliphatic carbocycles. The molecule has 3 heteroatoms. The normalized spacial score (nSPS) is 19.3. The maximum absolute atomic E-state index is 13.7. The van der Waals surface area contributed by atoms with Gasteiger partial charge in [-0.3, -0.25) is 0 Å². The predicted molar refractivity (Wildman–Crippen MR) is 62.1 cm³/mol. The van der Waals surface area contributed by atoms with E-state index in [2.05, 4.69) is 23.4 Å². The van der Waals surface area contributed by atoms with Gasteiger partial charge in [0.25, 0.3) is 0 Å². The number of halogens is 1. The molecular formula is C13H15FN2. The molecule has 2 nitrogen and oxygen atoms in total. The molecule has 16 heavy (non-hydrogen) atoms. The zero-order valence-electron chi connectivity index (χ0n) is 9.63. The van der Waals surface area contributed by atoms with Gasteiger partial charge in [0.15, 0.2) is 0 Å². The van der Waals surface area contributed by atoms with Crippen molar-refractivity contribution in [3.05, 3.63) is 29.3 Å². The molecule has 2 aromatic rings. The van der Waals surface area contributed by atoms with Gasteiger partial charge in [-0.05, 0) is 31.9 Å². The molecule has 0 unspecified atom stereocenters. The SMILES string of the molecule is CCc1nc2ccc(F)c3c2n1[C@@H](C)CC3.